The summed E-state index contributed by atoms with van der Waals surface area (Å²) >= 11 is 0. The molecule has 0 radical (unpaired) electrons. The highest BCUT2D eigenvalue weighted by molar-refractivity contribution is 5.97. The zero-order valence-electron chi connectivity index (χ0n) is 19.9. The summed E-state index contributed by atoms with van der Waals surface area (Å²) in [5, 5.41) is 12.5. The molecule has 8 nitrogen and oxygen atoms in total. The number of aliphatic hydroxyl groups excluding tert-OH is 1. The van der Waals surface area contributed by atoms with Gasteiger partial charge in [-0.25, -0.2) is 14.2 Å². The van der Waals surface area contributed by atoms with Crippen molar-refractivity contribution in [3.8, 4) is 5.88 Å². The molecule has 2 aromatic rings. The number of halogens is 1. The number of urea groups is 1. The molecule has 1 aliphatic rings. The van der Waals surface area contributed by atoms with Crippen LogP contribution in [0.25, 0.3) is 6.08 Å². The number of ether oxygens (including phenoxy) is 1. The molecule has 9 heteroatoms. The molecule has 1 aromatic heterocycles. The van der Waals surface area contributed by atoms with Crippen molar-refractivity contribution in [2.45, 2.75) is 32.9 Å². The number of nitrogens with zero attached hydrogens (tertiary/aromatic N) is 3. The molecule has 1 aliphatic heterocycles. The second kappa shape index (κ2) is 11.1. The van der Waals surface area contributed by atoms with Crippen molar-refractivity contribution in [1.29, 1.82) is 0 Å². The Bertz CT molecular complexity index is 1040. The number of nitrogens with one attached hydrogen (secondary N) is 1. The van der Waals surface area contributed by atoms with Gasteiger partial charge in [-0.3, -0.25) is 4.79 Å². The highest BCUT2D eigenvalue weighted by atomic mass is 19.1. The minimum absolute atomic E-state index is 0.163. The highest BCUT2D eigenvalue weighted by Gasteiger charge is 2.34. The van der Waals surface area contributed by atoms with Crippen LogP contribution in [-0.2, 0) is 0 Å². The molecule has 2 heterocycles. The lowest BCUT2D eigenvalue weighted by Crippen LogP contribution is -2.50. The lowest BCUT2D eigenvalue weighted by Gasteiger charge is -2.37. The van der Waals surface area contributed by atoms with Gasteiger partial charge in [0.15, 0.2) is 0 Å². The molecule has 0 aliphatic carbocycles. The normalized spacial score (nSPS) is 19.1. The summed E-state index contributed by atoms with van der Waals surface area (Å²) in [7, 11) is 1.64. The smallest absolute Gasteiger partial charge is 0.321 e. The molecule has 3 atom stereocenters. The zero-order chi connectivity index (χ0) is 24.8. The maximum absolute atomic E-state index is 13.3. The second-order valence-electron chi connectivity index (χ2n) is 8.56. The topological polar surface area (TPSA) is 95.0 Å². The number of benzene rings is 1. The number of anilines is 1. The van der Waals surface area contributed by atoms with Gasteiger partial charge in [0.1, 0.15) is 17.5 Å². The van der Waals surface area contributed by atoms with Crippen molar-refractivity contribution in [2.75, 3.05) is 32.1 Å². The summed E-state index contributed by atoms with van der Waals surface area (Å²) in [6.07, 6.45) is 4.85. The van der Waals surface area contributed by atoms with E-state index < -0.39 is 12.1 Å². The van der Waals surface area contributed by atoms with Crippen LogP contribution in [-0.4, -0.2) is 70.7 Å². The number of amides is 3. The van der Waals surface area contributed by atoms with E-state index in [1.807, 2.05) is 26.0 Å². The first-order valence-corrected chi connectivity index (χ1v) is 11.2. The fourth-order valence-corrected chi connectivity index (χ4v) is 3.72. The van der Waals surface area contributed by atoms with Gasteiger partial charge in [0, 0.05) is 31.4 Å². The number of hydrogen-bond donors (Lipinski definition) is 2. The standard InChI is InChI=1S/C25H31FN4O4/c1-5-6-18-11-21-23(27-12-18)34-22(16(2)13-30(24(21)32)17(3)15-31)14-29(4)25(33)28-20-9-7-19(26)8-10-20/h5-12,16-17,22,31H,13-15H2,1-4H3,(H,28,33)/b6-5+/t16-,17-,22+/m0/s1. The van der Waals surface area contributed by atoms with E-state index in [1.54, 1.807) is 31.1 Å². The molecule has 3 amide bonds. The number of hydrogen-bond acceptors (Lipinski definition) is 5. The molecule has 2 N–H and O–H groups in total. The number of rotatable bonds is 6. The zero-order valence-corrected chi connectivity index (χ0v) is 19.9. The molecule has 182 valence electrons. The Kier molecular flexibility index (Phi) is 8.22. The summed E-state index contributed by atoms with van der Waals surface area (Å²) < 4.78 is 19.3. The van der Waals surface area contributed by atoms with Crippen molar-refractivity contribution in [3.63, 3.8) is 0 Å². The highest BCUT2D eigenvalue weighted by Crippen LogP contribution is 2.27. The van der Waals surface area contributed by atoms with E-state index in [9.17, 15) is 19.1 Å². The molecule has 0 saturated heterocycles. The summed E-state index contributed by atoms with van der Waals surface area (Å²) in [6, 6.07) is 6.46. The predicted octanol–water partition coefficient (Wildman–Crippen LogP) is 3.64. The van der Waals surface area contributed by atoms with Gasteiger partial charge in [-0.15, -0.1) is 0 Å². The molecule has 0 spiro atoms. The van der Waals surface area contributed by atoms with E-state index >= 15 is 0 Å². The Hall–Kier alpha value is -3.46. The number of likely N-dealkylation sites (N-methyl/N-ethyl adjacent to an activating group) is 1. The fraction of sp³-hybridized carbons (Fsp3) is 0.400. The van der Waals surface area contributed by atoms with Crippen molar-refractivity contribution in [1.82, 2.24) is 14.8 Å². The van der Waals surface area contributed by atoms with E-state index in [2.05, 4.69) is 10.3 Å². The van der Waals surface area contributed by atoms with Gasteiger partial charge < -0.3 is 25.0 Å². The maximum atomic E-state index is 13.3. The summed E-state index contributed by atoms with van der Waals surface area (Å²) in [4.78, 5) is 33.5. The number of aliphatic hydroxyl groups is 1. The van der Waals surface area contributed by atoms with E-state index in [-0.39, 0.29) is 42.7 Å². The van der Waals surface area contributed by atoms with Crippen LogP contribution < -0.4 is 10.1 Å². The lowest BCUT2D eigenvalue weighted by atomic mass is 10.00. The third-order valence-corrected chi connectivity index (χ3v) is 5.80. The van der Waals surface area contributed by atoms with Gasteiger partial charge in [0.2, 0.25) is 5.88 Å². The van der Waals surface area contributed by atoms with Gasteiger partial charge in [-0.1, -0.05) is 19.1 Å². The summed E-state index contributed by atoms with van der Waals surface area (Å²) in [5.41, 5.74) is 1.55. The second-order valence-corrected chi connectivity index (χ2v) is 8.56. The van der Waals surface area contributed by atoms with Crippen molar-refractivity contribution >= 4 is 23.7 Å². The number of fused-ring (bicyclic) bond motifs is 1. The van der Waals surface area contributed by atoms with Gasteiger partial charge in [0.25, 0.3) is 5.91 Å². The Morgan fingerprint density at radius 3 is 2.76 bits per heavy atom. The van der Waals surface area contributed by atoms with Crippen LogP contribution in [0, 0.1) is 11.7 Å². The predicted molar refractivity (Wildman–Crippen MR) is 128 cm³/mol. The molecule has 3 rings (SSSR count). The van der Waals surface area contributed by atoms with E-state index in [1.165, 1.54) is 29.2 Å². The van der Waals surface area contributed by atoms with Crippen molar-refractivity contribution < 1.29 is 23.8 Å². The van der Waals surface area contributed by atoms with Crippen molar-refractivity contribution in [3.05, 3.63) is 59.5 Å². The van der Waals surface area contributed by atoms with E-state index in [0.29, 0.717) is 17.8 Å². The number of pyridine rings is 1. The minimum Gasteiger partial charge on any atom is -0.472 e. The first-order valence-electron chi connectivity index (χ1n) is 11.2. The third-order valence-electron chi connectivity index (χ3n) is 5.80. The van der Waals surface area contributed by atoms with Crippen LogP contribution in [0.1, 0.15) is 36.7 Å². The van der Waals surface area contributed by atoms with Gasteiger partial charge >= 0.3 is 6.03 Å². The van der Waals surface area contributed by atoms with Crippen LogP contribution in [0.15, 0.2) is 42.6 Å². The fourth-order valence-electron chi connectivity index (χ4n) is 3.72. The third kappa shape index (κ3) is 5.91. The van der Waals surface area contributed by atoms with Crippen LogP contribution in [0.4, 0.5) is 14.9 Å². The molecule has 1 aromatic carbocycles. The molecule has 0 unspecified atom stereocenters. The van der Waals surface area contributed by atoms with Gasteiger partial charge in [0.05, 0.1) is 19.2 Å². The lowest BCUT2D eigenvalue weighted by molar-refractivity contribution is 0.0356. The first kappa shape index (κ1) is 25.2. The van der Waals surface area contributed by atoms with E-state index in [4.69, 9.17) is 4.74 Å². The largest absolute Gasteiger partial charge is 0.472 e. The van der Waals surface area contributed by atoms with E-state index in [0.717, 1.165) is 5.56 Å². The number of carbonyl (C=O) groups is 2. The SMILES string of the molecule is C/C=C/c1cnc2c(c1)C(=O)N([C@@H](C)CO)C[C@H](C)[C@@H](CN(C)C(=O)Nc1ccc(F)cc1)O2. The summed E-state index contributed by atoms with van der Waals surface area (Å²) in [5.74, 6) is -0.618. The average Bonchev–Trinajstić information content (AvgIpc) is 2.82. The molecular weight excluding hydrogens is 439 g/mol. The van der Waals surface area contributed by atoms with Crippen LogP contribution in [0.2, 0.25) is 0 Å². The number of aromatic nitrogens is 1. The van der Waals surface area contributed by atoms with Gasteiger partial charge in [-0.2, -0.15) is 0 Å². The maximum Gasteiger partial charge on any atom is 0.321 e. The van der Waals surface area contributed by atoms with Crippen LogP contribution in [0.5, 0.6) is 5.88 Å². The molecule has 0 bridgehead atoms. The molecular formula is C25H31FN4O4. The summed E-state index contributed by atoms with van der Waals surface area (Å²) in [6.45, 7) is 5.97. The monoisotopic (exact) mass is 470 g/mol. The molecule has 0 fully saturated rings. The van der Waals surface area contributed by atoms with Crippen molar-refractivity contribution in [2.24, 2.45) is 5.92 Å². The Labute approximate surface area is 199 Å². The Morgan fingerprint density at radius 1 is 1.41 bits per heavy atom. The minimum atomic E-state index is -0.468. The Balaban J connectivity index is 1.85. The Morgan fingerprint density at radius 2 is 2.12 bits per heavy atom. The number of carbonyl (C=O) groups excluding carboxylic acids is 2. The van der Waals surface area contributed by atoms with Crippen LogP contribution in [0.3, 0.4) is 0 Å². The van der Waals surface area contributed by atoms with Crippen LogP contribution >= 0.6 is 0 Å². The first-order chi connectivity index (χ1) is 16.2. The molecule has 0 saturated carbocycles. The number of allylic oxidation sites excluding steroid dienone is 1. The average molecular weight is 471 g/mol. The molecule has 34 heavy (non-hydrogen) atoms. The quantitative estimate of drug-likeness (QED) is 0.672. The van der Waals surface area contributed by atoms with Gasteiger partial charge in [-0.05, 0) is 49.7 Å².